The van der Waals surface area contributed by atoms with Gasteiger partial charge in [0.1, 0.15) is 0 Å². The Bertz CT molecular complexity index is 713. The Morgan fingerprint density at radius 2 is 2.15 bits per heavy atom. The second kappa shape index (κ2) is 5.13. The first-order valence-corrected chi connectivity index (χ1v) is 6.87. The average Bonchev–Trinajstić information content (AvgIpc) is 2.59. The van der Waals surface area contributed by atoms with Crippen molar-refractivity contribution in [1.82, 2.24) is 10.2 Å². The predicted molar refractivity (Wildman–Crippen MR) is 80.4 cm³/mol. The van der Waals surface area contributed by atoms with Crippen molar-refractivity contribution in [3.8, 4) is 0 Å². The molecule has 0 spiro atoms. The third-order valence-corrected chi connectivity index (χ3v) is 3.91. The quantitative estimate of drug-likeness (QED) is 0.873. The van der Waals surface area contributed by atoms with Gasteiger partial charge < -0.3 is 5.32 Å². The molecule has 1 aromatic carbocycles. The predicted octanol–water partition coefficient (Wildman–Crippen LogP) is 3.01. The van der Waals surface area contributed by atoms with Crippen molar-refractivity contribution in [2.75, 3.05) is 5.32 Å². The minimum Gasteiger partial charge on any atom is -0.324 e. The van der Waals surface area contributed by atoms with Crippen molar-refractivity contribution >= 4 is 38.9 Å². The number of carbonyl (C=O) groups excluding carboxylic acids is 1. The normalized spacial score (nSPS) is 14.1. The van der Waals surface area contributed by atoms with Crippen molar-refractivity contribution in [1.29, 1.82) is 0 Å². The van der Waals surface area contributed by atoms with E-state index >= 15 is 0 Å². The summed E-state index contributed by atoms with van der Waals surface area (Å²) in [5.74, 6) is -0.0879. The number of benzene rings is 1. The van der Waals surface area contributed by atoms with E-state index in [2.05, 4.69) is 36.4 Å². The van der Waals surface area contributed by atoms with Gasteiger partial charge in [-0.1, -0.05) is 15.9 Å². The summed E-state index contributed by atoms with van der Waals surface area (Å²) in [6.45, 7) is 1.99. The summed E-state index contributed by atoms with van der Waals surface area (Å²) in [6, 6.07) is 5.62. The molecule has 100 valence electrons. The molecule has 0 fully saturated rings. The maximum Gasteiger partial charge on any atom is 0.230 e. The SMILES string of the molecule is Cc1cc2c(cc1Br)NC(=O)CC(c1ccnnc1)=N2. The minimum absolute atomic E-state index is 0.0879. The number of rotatable bonds is 1. The number of aliphatic imine (C=N–C) groups is 1. The van der Waals surface area contributed by atoms with Gasteiger partial charge in [-0.15, -0.1) is 0 Å². The molecular weight excluding hydrogens is 320 g/mol. The molecular formula is C14H11BrN4O. The molecule has 0 saturated carbocycles. The molecule has 0 aliphatic carbocycles. The van der Waals surface area contributed by atoms with Crippen LogP contribution in [0.25, 0.3) is 0 Å². The molecule has 0 saturated heterocycles. The van der Waals surface area contributed by atoms with E-state index in [0.717, 1.165) is 21.3 Å². The third-order valence-electron chi connectivity index (χ3n) is 3.05. The number of nitrogens with one attached hydrogen (secondary N) is 1. The van der Waals surface area contributed by atoms with Crippen molar-refractivity contribution in [3.05, 3.63) is 46.2 Å². The maximum absolute atomic E-state index is 12.0. The molecule has 0 atom stereocenters. The highest BCUT2D eigenvalue weighted by Crippen LogP contribution is 2.34. The van der Waals surface area contributed by atoms with Crippen LogP contribution in [-0.4, -0.2) is 21.8 Å². The fraction of sp³-hybridized carbons (Fsp3) is 0.143. The number of aryl methyl sites for hydroxylation is 1. The number of hydrogen-bond acceptors (Lipinski definition) is 4. The van der Waals surface area contributed by atoms with Crippen LogP contribution in [-0.2, 0) is 4.79 Å². The van der Waals surface area contributed by atoms with Crippen LogP contribution in [0.5, 0.6) is 0 Å². The molecule has 1 aliphatic heterocycles. The lowest BCUT2D eigenvalue weighted by atomic mass is 10.1. The first-order chi connectivity index (χ1) is 9.63. The van der Waals surface area contributed by atoms with E-state index in [1.807, 2.05) is 19.1 Å². The molecule has 5 nitrogen and oxygen atoms in total. The summed E-state index contributed by atoms with van der Waals surface area (Å²) in [5, 5.41) is 10.4. The molecule has 2 aromatic rings. The summed E-state index contributed by atoms with van der Waals surface area (Å²) in [7, 11) is 0. The number of carbonyl (C=O) groups is 1. The van der Waals surface area contributed by atoms with Crippen molar-refractivity contribution in [2.45, 2.75) is 13.3 Å². The van der Waals surface area contributed by atoms with Crippen LogP contribution in [0.3, 0.4) is 0 Å². The Hall–Kier alpha value is -2.08. The van der Waals surface area contributed by atoms with E-state index in [4.69, 9.17) is 0 Å². The van der Waals surface area contributed by atoms with Gasteiger partial charge in [0.05, 0.1) is 35.9 Å². The van der Waals surface area contributed by atoms with Crippen LogP contribution in [0.4, 0.5) is 11.4 Å². The maximum atomic E-state index is 12.0. The smallest absolute Gasteiger partial charge is 0.230 e. The minimum atomic E-state index is -0.0879. The zero-order chi connectivity index (χ0) is 14.1. The van der Waals surface area contributed by atoms with Crippen LogP contribution in [0, 0.1) is 6.92 Å². The second-order valence-electron chi connectivity index (χ2n) is 4.53. The lowest BCUT2D eigenvalue weighted by Gasteiger charge is -2.07. The molecule has 0 radical (unpaired) electrons. The Morgan fingerprint density at radius 3 is 2.90 bits per heavy atom. The van der Waals surface area contributed by atoms with Crippen LogP contribution in [0.2, 0.25) is 0 Å². The molecule has 1 N–H and O–H groups in total. The van der Waals surface area contributed by atoms with Crippen molar-refractivity contribution in [3.63, 3.8) is 0 Å². The number of fused-ring (bicyclic) bond motifs is 1. The molecule has 3 rings (SSSR count). The van der Waals surface area contributed by atoms with Gasteiger partial charge in [0.25, 0.3) is 0 Å². The van der Waals surface area contributed by atoms with Crippen molar-refractivity contribution in [2.24, 2.45) is 4.99 Å². The summed E-state index contributed by atoms with van der Waals surface area (Å²) < 4.78 is 0.945. The summed E-state index contributed by atoms with van der Waals surface area (Å²) in [6.07, 6.45) is 3.42. The topological polar surface area (TPSA) is 67.2 Å². The number of halogens is 1. The van der Waals surface area contributed by atoms with E-state index in [-0.39, 0.29) is 12.3 Å². The van der Waals surface area contributed by atoms with Gasteiger partial charge in [-0.05, 0) is 30.7 Å². The zero-order valence-corrected chi connectivity index (χ0v) is 12.3. The van der Waals surface area contributed by atoms with E-state index in [0.29, 0.717) is 11.4 Å². The van der Waals surface area contributed by atoms with Crippen LogP contribution in [0.15, 0.2) is 40.1 Å². The highest BCUT2D eigenvalue weighted by molar-refractivity contribution is 9.10. The number of nitrogens with zero attached hydrogens (tertiary/aromatic N) is 3. The summed E-state index contributed by atoms with van der Waals surface area (Å²) >= 11 is 3.46. The monoisotopic (exact) mass is 330 g/mol. The highest BCUT2D eigenvalue weighted by Gasteiger charge is 2.18. The Labute approximate surface area is 124 Å². The molecule has 1 aliphatic rings. The molecule has 6 heteroatoms. The summed E-state index contributed by atoms with van der Waals surface area (Å²) in [5.41, 5.74) is 4.03. The molecule has 0 bridgehead atoms. The van der Waals surface area contributed by atoms with Gasteiger partial charge in [-0.25, -0.2) is 0 Å². The van der Waals surface area contributed by atoms with E-state index in [1.165, 1.54) is 0 Å². The Balaban J connectivity index is 2.14. The zero-order valence-electron chi connectivity index (χ0n) is 10.7. The molecule has 0 unspecified atom stereocenters. The number of anilines is 1. The van der Waals surface area contributed by atoms with Gasteiger partial charge in [0.2, 0.25) is 5.91 Å². The molecule has 1 aromatic heterocycles. The molecule has 20 heavy (non-hydrogen) atoms. The number of aromatic nitrogens is 2. The molecule has 2 heterocycles. The lowest BCUT2D eigenvalue weighted by Crippen LogP contribution is -2.15. The second-order valence-corrected chi connectivity index (χ2v) is 5.39. The van der Waals surface area contributed by atoms with E-state index in [1.54, 1.807) is 18.5 Å². The van der Waals surface area contributed by atoms with Gasteiger partial charge >= 0.3 is 0 Å². The Morgan fingerprint density at radius 1 is 1.30 bits per heavy atom. The van der Waals surface area contributed by atoms with E-state index in [9.17, 15) is 4.79 Å². The largest absolute Gasteiger partial charge is 0.324 e. The summed E-state index contributed by atoms with van der Waals surface area (Å²) in [4.78, 5) is 16.6. The van der Waals surface area contributed by atoms with Gasteiger partial charge in [-0.2, -0.15) is 10.2 Å². The number of hydrogen-bond donors (Lipinski definition) is 1. The van der Waals surface area contributed by atoms with Gasteiger partial charge in [-0.3, -0.25) is 9.79 Å². The fourth-order valence-electron chi connectivity index (χ4n) is 2.02. The van der Waals surface area contributed by atoms with Crippen LogP contribution >= 0.6 is 15.9 Å². The average molecular weight is 331 g/mol. The van der Waals surface area contributed by atoms with E-state index < -0.39 is 0 Å². The highest BCUT2D eigenvalue weighted by atomic mass is 79.9. The fourth-order valence-corrected chi connectivity index (χ4v) is 2.36. The number of amides is 1. The van der Waals surface area contributed by atoms with Crippen LogP contribution < -0.4 is 5.32 Å². The first-order valence-electron chi connectivity index (χ1n) is 6.08. The van der Waals surface area contributed by atoms with Gasteiger partial charge in [0, 0.05) is 10.0 Å². The van der Waals surface area contributed by atoms with Gasteiger partial charge in [0.15, 0.2) is 0 Å². The van der Waals surface area contributed by atoms with Crippen LogP contribution in [0.1, 0.15) is 17.5 Å². The van der Waals surface area contributed by atoms with Crippen molar-refractivity contribution < 1.29 is 4.79 Å². The standard InChI is InChI=1S/C14H11BrN4O/c1-8-4-12-13(5-10(8)15)19-14(20)6-11(18-12)9-2-3-16-17-7-9/h2-5,7H,6H2,1H3,(H,19,20). The first kappa shape index (κ1) is 12.9. The lowest BCUT2D eigenvalue weighted by molar-refractivity contribution is -0.115. The third kappa shape index (κ3) is 2.46. The molecule has 1 amide bonds. The Kier molecular flexibility index (Phi) is 3.31.